The minimum Gasteiger partial charge on any atom is -0.476 e. The van der Waals surface area contributed by atoms with Crippen LogP contribution in [-0.4, -0.2) is 28.4 Å². The van der Waals surface area contributed by atoms with Crippen LogP contribution in [0, 0.1) is 5.92 Å². The Morgan fingerprint density at radius 1 is 1.50 bits per heavy atom. The number of fused-ring (bicyclic) bond motifs is 3. The highest BCUT2D eigenvalue weighted by atomic mass is 16.6. The van der Waals surface area contributed by atoms with Gasteiger partial charge in [0.25, 0.3) is 0 Å². The third kappa shape index (κ3) is 0.921. The maximum atomic E-state index is 5.50. The van der Waals surface area contributed by atoms with Crippen molar-refractivity contribution in [1.82, 2.24) is 9.97 Å². The Labute approximate surface area is 80.8 Å². The predicted molar refractivity (Wildman–Crippen MR) is 48.1 cm³/mol. The van der Waals surface area contributed by atoms with Crippen LogP contribution >= 0.6 is 0 Å². The average molecular weight is 191 g/mol. The number of hydrogen-bond acceptors (Lipinski definition) is 5. The van der Waals surface area contributed by atoms with Crippen LogP contribution in [-0.2, 0) is 4.84 Å². The molecule has 2 unspecified atom stereocenters. The topological polar surface area (TPSA) is 56.6 Å². The third-order valence-electron chi connectivity index (χ3n) is 2.59. The van der Waals surface area contributed by atoms with E-state index in [1.54, 1.807) is 6.20 Å². The van der Waals surface area contributed by atoms with Gasteiger partial charge in [0.2, 0.25) is 5.88 Å². The Hall–Kier alpha value is -1.65. The van der Waals surface area contributed by atoms with Crippen LogP contribution in [0.4, 0.5) is 0 Å². The summed E-state index contributed by atoms with van der Waals surface area (Å²) in [6.45, 7) is 2.57. The van der Waals surface area contributed by atoms with Crippen LogP contribution in [0.25, 0.3) is 0 Å². The maximum Gasteiger partial charge on any atom is 0.225 e. The summed E-state index contributed by atoms with van der Waals surface area (Å²) in [6.07, 6.45) is 3.27. The molecule has 0 fully saturated rings. The molecule has 0 N–H and O–H groups in total. The van der Waals surface area contributed by atoms with Gasteiger partial charge in [-0.25, -0.2) is 9.97 Å². The first kappa shape index (κ1) is 7.73. The van der Waals surface area contributed by atoms with Gasteiger partial charge in [0.05, 0.1) is 11.5 Å². The number of ether oxygens (including phenoxy) is 1. The molecule has 0 saturated heterocycles. The molecule has 1 aromatic rings. The van der Waals surface area contributed by atoms with Gasteiger partial charge in [-0.3, -0.25) is 0 Å². The standard InChI is InChI=1S/C9H9N3O2/c1-5-7-3-13-9-6(2-10-4-11-9)8(7)12-14-5/h2,4-5,7H,3H2,1H3. The number of hydrogen-bond donors (Lipinski definition) is 0. The summed E-state index contributed by atoms with van der Waals surface area (Å²) in [4.78, 5) is 13.2. The van der Waals surface area contributed by atoms with E-state index in [2.05, 4.69) is 15.1 Å². The van der Waals surface area contributed by atoms with Crippen molar-refractivity contribution in [3.8, 4) is 5.88 Å². The Bertz CT molecular complexity index is 405. The van der Waals surface area contributed by atoms with Crippen LogP contribution in [0.5, 0.6) is 5.88 Å². The van der Waals surface area contributed by atoms with Gasteiger partial charge in [0.15, 0.2) is 0 Å². The molecule has 2 atom stereocenters. The van der Waals surface area contributed by atoms with E-state index in [-0.39, 0.29) is 12.0 Å². The molecular formula is C9H9N3O2. The van der Waals surface area contributed by atoms with Crippen molar-refractivity contribution in [2.24, 2.45) is 11.1 Å². The number of oxime groups is 1. The van der Waals surface area contributed by atoms with Crippen LogP contribution in [0.3, 0.4) is 0 Å². The van der Waals surface area contributed by atoms with E-state index in [0.717, 1.165) is 11.3 Å². The minimum absolute atomic E-state index is 0.0818. The molecule has 3 rings (SSSR count). The van der Waals surface area contributed by atoms with Crippen LogP contribution < -0.4 is 4.74 Å². The minimum atomic E-state index is 0.0818. The van der Waals surface area contributed by atoms with E-state index < -0.39 is 0 Å². The quantitative estimate of drug-likeness (QED) is 0.602. The van der Waals surface area contributed by atoms with Gasteiger partial charge in [-0.2, -0.15) is 0 Å². The van der Waals surface area contributed by atoms with Crippen LogP contribution in [0.2, 0.25) is 0 Å². The summed E-state index contributed by atoms with van der Waals surface area (Å²) < 4.78 is 5.50. The van der Waals surface area contributed by atoms with Crippen molar-refractivity contribution in [1.29, 1.82) is 0 Å². The fourth-order valence-electron chi connectivity index (χ4n) is 1.74. The predicted octanol–water partition coefficient (Wildman–Crippen LogP) is 0.608. The molecule has 0 radical (unpaired) electrons. The van der Waals surface area contributed by atoms with Crippen molar-refractivity contribution in [3.63, 3.8) is 0 Å². The zero-order valence-electron chi connectivity index (χ0n) is 7.67. The zero-order valence-corrected chi connectivity index (χ0v) is 7.67. The highest BCUT2D eigenvalue weighted by Gasteiger charge is 2.37. The lowest BCUT2D eigenvalue weighted by molar-refractivity contribution is 0.0619. The highest BCUT2D eigenvalue weighted by molar-refractivity contribution is 6.05. The van der Waals surface area contributed by atoms with E-state index in [0.29, 0.717) is 12.5 Å². The Morgan fingerprint density at radius 2 is 2.43 bits per heavy atom. The summed E-state index contributed by atoms with van der Waals surface area (Å²) in [5.74, 6) is 0.821. The number of aromatic nitrogens is 2. The van der Waals surface area contributed by atoms with Crippen LogP contribution in [0.1, 0.15) is 12.5 Å². The van der Waals surface area contributed by atoms with Gasteiger partial charge >= 0.3 is 0 Å². The number of nitrogens with zero attached hydrogens (tertiary/aromatic N) is 3. The summed E-state index contributed by atoms with van der Waals surface area (Å²) >= 11 is 0. The van der Waals surface area contributed by atoms with Crippen molar-refractivity contribution < 1.29 is 9.57 Å². The number of rotatable bonds is 0. The van der Waals surface area contributed by atoms with E-state index >= 15 is 0 Å². The molecule has 0 amide bonds. The Balaban J connectivity index is 2.10. The van der Waals surface area contributed by atoms with Gasteiger partial charge in [-0.1, -0.05) is 5.16 Å². The van der Waals surface area contributed by atoms with Gasteiger partial charge in [0.1, 0.15) is 24.7 Å². The fourth-order valence-corrected chi connectivity index (χ4v) is 1.74. The van der Waals surface area contributed by atoms with Crippen LogP contribution in [0.15, 0.2) is 17.7 Å². The largest absolute Gasteiger partial charge is 0.476 e. The first-order valence-corrected chi connectivity index (χ1v) is 4.53. The molecule has 5 heteroatoms. The summed E-state index contributed by atoms with van der Waals surface area (Å²) in [5.41, 5.74) is 1.77. The summed E-state index contributed by atoms with van der Waals surface area (Å²) in [7, 11) is 0. The van der Waals surface area contributed by atoms with Crippen molar-refractivity contribution >= 4 is 5.71 Å². The molecule has 3 heterocycles. The van der Waals surface area contributed by atoms with E-state index in [1.165, 1.54) is 6.33 Å². The Kier molecular flexibility index (Phi) is 1.47. The Morgan fingerprint density at radius 3 is 3.36 bits per heavy atom. The van der Waals surface area contributed by atoms with Gasteiger partial charge in [-0.05, 0) is 6.92 Å². The van der Waals surface area contributed by atoms with Crippen molar-refractivity contribution in [2.45, 2.75) is 13.0 Å². The third-order valence-corrected chi connectivity index (χ3v) is 2.59. The molecule has 0 aromatic carbocycles. The lowest BCUT2D eigenvalue weighted by Crippen LogP contribution is -2.32. The molecule has 1 aromatic heterocycles. The summed E-state index contributed by atoms with van der Waals surface area (Å²) in [5, 5.41) is 4.04. The van der Waals surface area contributed by atoms with E-state index in [9.17, 15) is 0 Å². The second-order valence-corrected chi connectivity index (χ2v) is 3.45. The van der Waals surface area contributed by atoms with Gasteiger partial charge < -0.3 is 9.57 Å². The first-order chi connectivity index (χ1) is 6.86. The fraction of sp³-hybridized carbons (Fsp3) is 0.444. The molecule has 2 aliphatic rings. The average Bonchev–Trinajstić information content (AvgIpc) is 2.61. The molecule has 0 bridgehead atoms. The second kappa shape index (κ2) is 2.67. The second-order valence-electron chi connectivity index (χ2n) is 3.45. The molecule has 14 heavy (non-hydrogen) atoms. The molecule has 2 aliphatic heterocycles. The zero-order chi connectivity index (χ0) is 9.54. The first-order valence-electron chi connectivity index (χ1n) is 4.53. The molecule has 0 aliphatic carbocycles. The van der Waals surface area contributed by atoms with Crippen molar-refractivity contribution in [3.05, 3.63) is 18.1 Å². The molecule has 5 nitrogen and oxygen atoms in total. The maximum absolute atomic E-state index is 5.50. The van der Waals surface area contributed by atoms with E-state index in [1.807, 2.05) is 6.92 Å². The molecule has 72 valence electrons. The summed E-state index contributed by atoms with van der Waals surface area (Å²) in [6, 6.07) is 0. The lowest BCUT2D eigenvalue weighted by atomic mass is 9.93. The van der Waals surface area contributed by atoms with Gasteiger partial charge in [-0.15, -0.1) is 0 Å². The molecule has 0 saturated carbocycles. The smallest absolute Gasteiger partial charge is 0.225 e. The SMILES string of the molecule is CC1ON=C2c3cncnc3OCC21. The monoisotopic (exact) mass is 191 g/mol. The normalized spacial score (nSPS) is 28.2. The van der Waals surface area contributed by atoms with Gasteiger partial charge in [0, 0.05) is 6.20 Å². The van der Waals surface area contributed by atoms with E-state index in [4.69, 9.17) is 9.57 Å². The molecule has 0 spiro atoms. The molecular weight excluding hydrogens is 182 g/mol. The lowest BCUT2D eigenvalue weighted by Gasteiger charge is -2.21. The highest BCUT2D eigenvalue weighted by Crippen LogP contribution is 2.31. The van der Waals surface area contributed by atoms with Crippen molar-refractivity contribution in [2.75, 3.05) is 6.61 Å².